The Morgan fingerprint density at radius 3 is 2.20 bits per heavy atom. The summed E-state index contributed by atoms with van der Waals surface area (Å²) in [4.78, 5) is 0. The molecule has 2 aliphatic rings. The van der Waals surface area contributed by atoms with Crippen molar-refractivity contribution in [3.63, 3.8) is 0 Å². The zero-order valence-corrected chi connectivity index (χ0v) is 13.3. The molecule has 0 radical (unpaired) electrons. The van der Waals surface area contributed by atoms with Gasteiger partial charge in [-0.15, -0.1) is 0 Å². The van der Waals surface area contributed by atoms with E-state index in [1.807, 2.05) is 0 Å². The Balaban J connectivity index is 1.83. The van der Waals surface area contributed by atoms with E-state index in [0.29, 0.717) is 0 Å². The van der Waals surface area contributed by atoms with Crippen molar-refractivity contribution in [1.29, 1.82) is 0 Å². The molecule has 2 rings (SSSR count). The molecule has 2 saturated carbocycles. The highest BCUT2D eigenvalue weighted by atomic mass is 29.2. The van der Waals surface area contributed by atoms with Crippen LogP contribution in [-0.2, 0) is 0 Å². The third-order valence-electron chi connectivity index (χ3n) is 5.47. The van der Waals surface area contributed by atoms with Gasteiger partial charge in [0.15, 0.2) is 0 Å². The molecule has 1 unspecified atom stereocenters. The van der Waals surface area contributed by atoms with Crippen molar-refractivity contribution in [2.45, 2.75) is 70.8 Å². The summed E-state index contributed by atoms with van der Waals surface area (Å²) in [6.45, 7) is 10.4. The molecule has 0 aliphatic heterocycles. The van der Waals surface area contributed by atoms with Crippen LogP contribution >= 0.6 is 0 Å². The van der Waals surface area contributed by atoms with Crippen LogP contribution in [0.25, 0.3) is 0 Å². The van der Waals surface area contributed by atoms with Gasteiger partial charge in [0.05, 0.1) is 0 Å². The third-order valence-corrected chi connectivity index (χ3v) is 19.3. The molecule has 0 heterocycles. The van der Waals surface area contributed by atoms with Crippen LogP contribution in [0.3, 0.4) is 0 Å². The first-order chi connectivity index (χ1) is 6.91. The molecule has 0 nitrogen and oxygen atoms in total. The summed E-state index contributed by atoms with van der Waals surface area (Å²) in [5, 5.41) is 0. The fourth-order valence-electron chi connectivity index (χ4n) is 3.62. The fraction of sp³-hybridized carbons (Fsp3) is 1.00. The maximum absolute atomic E-state index is 2.64. The van der Waals surface area contributed by atoms with Crippen molar-refractivity contribution in [3.8, 4) is 0 Å². The molecule has 0 N–H and O–H groups in total. The topological polar surface area (TPSA) is 0 Å². The van der Waals surface area contributed by atoms with Crippen molar-refractivity contribution in [2.75, 3.05) is 0 Å². The molecular weight excluding hydrogens is 212 g/mol. The molecule has 0 aromatic carbocycles. The summed E-state index contributed by atoms with van der Waals surface area (Å²) in [6, 6.07) is 1.66. The fourth-order valence-corrected chi connectivity index (χ4v) is 8.56. The second-order valence-electron chi connectivity index (χ2n) is 7.45. The minimum atomic E-state index is -0.726. The van der Waals surface area contributed by atoms with E-state index in [1.54, 1.807) is 44.6 Å². The molecule has 0 amide bonds. The van der Waals surface area contributed by atoms with E-state index in [4.69, 9.17) is 0 Å². The Hall–Kier alpha value is 0.434. The molecule has 2 heteroatoms. The predicted octanol–water partition coefficient (Wildman–Crippen LogP) is 4.23. The molecule has 88 valence electrons. The van der Waals surface area contributed by atoms with Crippen LogP contribution in [0.2, 0.25) is 32.2 Å². The minimum Gasteiger partial charge on any atom is -0.0739 e. The van der Waals surface area contributed by atoms with Crippen LogP contribution in [0, 0.1) is 11.3 Å². The summed E-state index contributed by atoms with van der Waals surface area (Å²) in [5.41, 5.74) is 0.867. The van der Waals surface area contributed by atoms with Crippen molar-refractivity contribution in [1.82, 2.24) is 0 Å². The van der Waals surface area contributed by atoms with E-state index in [0.717, 1.165) is 11.3 Å². The summed E-state index contributed by atoms with van der Waals surface area (Å²) in [6.07, 6.45) is 9.54. The van der Waals surface area contributed by atoms with Gasteiger partial charge in [0.1, 0.15) is 0 Å². The van der Waals surface area contributed by atoms with Gasteiger partial charge in [-0.25, -0.2) is 0 Å². The Morgan fingerprint density at radius 2 is 1.80 bits per heavy atom. The maximum Gasteiger partial charge on any atom is 0.0346 e. The first-order valence-electron chi connectivity index (χ1n) is 6.91. The van der Waals surface area contributed by atoms with Crippen molar-refractivity contribution >= 4 is 15.9 Å². The van der Waals surface area contributed by atoms with Gasteiger partial charge in [0.25, 0.3) is 0 Å². The highest BCUT2D eigenvalue weighted by Crippen LogP contribution is 2.56. The molecule has 2 bridgehead atoms. The van der Waals surface area contributed by atoms with Gasteiger partial charge in [0.2, 0.25) is 0 Å². The van der Waals surface area contributed by atoms with Crippen LogP contribution in [0.5, 0.6) is 0 Å². The molecule has 0 aromatic heterocycles. The monoisotopic (exact) mass is 240 g/mol. The summed E-state index contributed by atoms with van der Waals surface area (Å²) in [7, 11) is -1.07. The second-order valence-corrected chi connectivity index (χ2v) is 22.7. The number of hydrogen-bond donors (Lipinski definition) is 0. The lowest BCUT2D eigenvalue weighted by molar-refractivity contribution is 0.283. The number of hydrogen-bond acceptors (Lipinski definition) is 0. The highest BCUT2D eigenvalue weighted by Gasteiger charge is 2.44. The minimum absolute atomic E-state index is 0.347. The standard InChI is InChI=1S/C13H28Si2/c1-14(15(2,3)4)10-9-13-7-5-12(11-13)6-8-13/h12,14H,5-11H2,1-4H3. The largest absolute Gasteiger partial charge is 0.0739 e. The van der Waals surface area contributed by atoms with Gasteiger partial charge in [-0.3, -0.25) is 0 Å². The van der Waals surface area contributed by atoms with Crippen LogP contribution in [0.1, 0.15) is 38.5 Å². The summed E-state index contributed by atoms with van der Waals surface area (Å²) < 4.78 is 0. The lowest BCUT2D eigenvalue weighted by Crippen LogP contribution is -2.40. The average Bonchev–Trinajstić information content (AvgIpc) is 2.72. The Kier molecular flexibility index (Phi) is 3.20. The van der Waals surface area contributed by atoms with Gasteiger partial charge in [-0.2, -0.15) is 0 Å². The van der Waals surface area contributed by atoms with Crippen LogP contribution in [0.4, 0.5) is 0 Å². The van der Waals surface area contributed by atoms with E-state index in [-0.39, 0.29) is 8.31 Å². The molecular formula is C13H28Si2. The zero-order chi connectivity index (χ0) is 11.1. The number of rotatable bonds is 4. The van der Waals surface area contributed by atoms with Crippen LogP contribution < -0.4 is 0 Å². The van der Waals surface area contributed by atoms with Gasteiger partial charge >= 0.3 is 0 Å². The molecule has 15 heavy (non-hydrogen) atoms. The van der Waals surface area contributed by atoms with E-state index in [9.17, 15) is 0 Å². The van der Waals surface area contributed by atoms with Gasteiger partial charge in [-0.05, 0) is 43.4 Å². The summed E-state index contributed by atoms with van der Waals surface area (Å²) >= 11 is 0. The van der Waals surface area contributed by atoms with Crippen LogP contribution in [-0.4, -0.2) is 15.9 Å². The van der Waals surface area contributed by atoms with Gasteiger partial charge in [-0.1, -0.05) is 38.7 Å². The molecule has 2 fully saturated rings. The molecule has 0 aromatic rings. The van der Waals surface area contributed by atoms with Gasteiger partial charge in [0, 0.05) is 15.9 Å². The third kappa shape index (κ3) is 2.58. The predicted molar refractivity (Wildman–Crippen MR) is 74.8 cm³/mol. The van der Waals surface area contributed by atoms with Gasteiger partial charge < -0.3 is 0 Å². The first-order valence-corrected chi connectivity index (χ1v) is 14.2. The molecule has 1 atom stereocenters. The molecule has 0 saturated heterocycles. The lowest BCUT2D eigenvalue weighted by atomic mass is 9.82. The summed E-state index contributed by atoms with van der Waals surface area (Å²) in [5.74, 6) is 1.15. The van der Waals surface area contributed by atoms with Crippen molar-refractivity contribution in [3.05, 3.63) is 0 Å². The lowest BCUT2D eigenvalue weighted by Gasteiger charge is -2.31. The first kappa shape index (κ1) is 11.9. The van der Waals surface area contributed by atoms with E-state index in [1.165, 1.54) is 0 Å². The quantitative estimate of drug-likeness (QED) is 0.645. The van der Waals surface area contributed by atoms with Crippen molar-refractivity contribution < 1.29 is 0 Å². The Morgan fingerprint density at radius 1 is 1.20 bits per heavy atom. The molecule has 0 spiro atoms. The average molecular weight is 241 g/mol. The smallest absolute Gasteiger partial charge is 0.0346 e. The molecule has 2 aliphatic carbocycles. The SMILES string of the molecule is C[SiH](CCC12CCC(CC1)C2)[Si](C)(C)C. The van der Waals surface area contributed by atoms with E-state index in [2.05, 4.69) is 26.2 Å². The second kappa shape index (κ2) is 4.03. The highest BCUT2D eigenvalue weighted by molar-refractivity contribution is 7.31. The normalized spacial score (nSPS) is 37.2. The van der Waals surface area contributed by atoms with Crippen LogP contribution in [0.15, 0.2) is 0 Å². The Bertz CT molecular complexity index is 221. The van der Waals surface area contributed by atoms with E-state index >= 15 is 0 Å². The zero-order valence-electron chi connectivity index (χ0n) is 11.1. The van der Waals surface area contributed by atoms with E-state index < -0.39 is 7.59 Å². The van der Waals surface area contributed by atoms with Crippen molar-refractivity contribution in [2.24, 2.45) is 11.3 Å². The maximum atomic E-state index is 2.64. The Labute approximate surface area is 98.3 Å². The number of fused-ring (bicyclic) bond motifs is 2.